The quantitative estimate of drug-likeness (QED) is 0.761. The number of nitrogens with zero attached hydrogens (tertiary/aromatic N) is 1. The predicted molar refractivity (Wildman–Crippen MR) is 100 cm³/mol. The van der Waals surface area contributed by atoms with Crippen molar-refractivity contribution >= 4 is 29.3 Å². The molecule has 0 aromatic heterocycles. The first-order valence-corrected chi connectivity index (χ1v) is 8.60. The first-order valence-electron chi connectivity index (χ1n) is 8.22. The number of carbonyl (C=O) groups excluding carboxylic acids is 2. The lowest BCUT2D eigenvalue weighted by Gasteiger charge is -2.24. The fourth-order valence-electron chi connectivity index (χ4n) is 3.00. The molecule has 0 N–H and O–H groups in total. The van der Waals surface area contributed by atoms with Crippen LogP contribution in [0.5, 0.6) is 5.75 Å². The maximum atomic E-state index is 13.2. The molecule has 2 aromatic carbocycles. The second-order valence-corrected chi connectivity index (χ2v) is 7.44. The lowest BCUT2D eigenvalue weighted by Crippen LogP contribution is -2.39. The molecule has 2 amide bonds. The summed E-state index contributed by atoms with van der Waals surface area (Å²) < 4.78 is 10.7. The van der Waals surface area contributed by atoms with Crippen LogP contribution in [0.4, 0.5) is 10.5 Å². The Labute approximate surface area is 157 Å². The molecule has 0 saturated carbocycles. The number of imide groups is 1. The maximum Gasteiger partial charge on any atom is 0.421 e. The Kier molecular flexibility index (Phi) is 4.67. The lowest BCUT2D eigenvalue weighted by atomic mass is 9.92. The van der Waals surface area contributed by atoms with E-state index in [2.05, 4.69) is 0 Å². The van der Waals surface area contributed by atoms with Crippen LogP contribution in [-0.4, -0.2) is 24.7 Å². The number of amides is 2. The van der Waals surface area contributed by atoms with Crippen molar-refractivity contribution in [1.29, 1.82) is 0 Å². The SMILES string of the molecule is COc1cccc(C2C(=O)N(C(=O)OC(C)(C)C)c3cccc(Cl)c32)c1. The average molecular weight is 374 g/mol. The van der Waals surface area contributed by atoms with Crippen molar-refractivity contribution < 1.29 is 19.1 Å². The summed E-state index contributed by atoms with van der Waals surface area (Å²) in [7, 11) is 1.56. The fourth-order valence-corrected chi connectivity index (χ4v) is 3.28. The number of carbonyl (C=O) groups is 2. The van der Waals surface area contributed by atoms with Crippen LogP contribution < -0.4 is 9.64 Å². The van der Waals surface area contributed by atoms with Gasteiger partial charge in [0.25, 0.3) is 0 Å². The molecule has 0 radical (unpaired) electrons. The van der Waals surface area contributed by atoms with Crippen LogP contribution in [0.3, 0.4) is 0 Å². The van der Waals surface area contributed by atoms with Crippen LogP contribution >= 0.6 is 11.6 Å². The molecule has 0 aliphatic carbocycles. The van der Waals surface area contributed by atoms with E-state index in [0.717, 1.165) is 4.90 Å². The van der Waals surface area contributed by atoms with E-state index in [1.807, 2.05) is 6.07 Å². The van der Waals surface area contributed by atoms with Gasteiger partial charge in [-0.25, -0.2) is 9.69 Å². The molecule has 6 heteroatoms. The normalized spacial score (nSPS) is 16.4. The number of ether oxygens (including phenoxy) is 2. The molecule has 26 heavy (non-hydrogen) atoms. The van der Waals surface area contributed by atoms with Crippen LogP contribution in [0.2, 0.25) is 5.02 Å². The van der Waals surface area contributed by atoms with Crippen molar-refractivity contribution in [2.45, 2.75) is 32.3 Å². The number of rotatable bonds is 2. The zero-order chi connectivity index (χ0) is 19.1. The molecule has 1 atom stereocenters. The van der Waals surface area contributed by atoms with Crippen molar-refractivity contribution in [3.05, 3.63) is 58.6 Å². The van der Waals surface area contributed by atoms with Gasteiger partial charge in [-0.05, 0) is 50.6 Å². The maximum absolute atomic E-state index is 13.2. The Morgan fingerprint density at radius 3 is 2.50 bits per heavy atom. The molecule has 1 unspecified atom stereocenters. The molecule has 0 fully saturated rings. The minimum Gasteiger partial charge on any atom is -0.497 e. The Balaban J connectivity index is 2.11. The molecule has 0 saturated heterocycles. The van der Waals surface area contributed by atoms with Crippen molar-refractivity contribution in [2.24, 2.45) is 0 Å². The number of hydrogen-bond donors (Lipinski definition) is 0. The van der Waals surface area contributed by atoms with E-state index in [1.54, 1.807) is 64.3 Å². The van der Waals surface area contributed by atoms with Crippen LogP contribution in [0, 0.1) is 0 Å². The van der Waals surface area contributed by atoms with E-state index in [4.69, 9.17) is 21.1 Å². The highest BCUT2D eigenvalue weighted by molar-refractivity contribution is 6.34. The summed E-state index contributed by atoms with van der Waals surface area (Å²) in [6.45, 7) is 5.26. The predicted octanol–water partition coefficient (Wildman–Crippen LogP) is 4.76. The Morgan fingerprint density at radius 1 is 1.15 bits per heavy atom. The third kappa shape index (κ3) is 3.27. The van der Waals surface area contributed by atoms with Crippen LogP contribution in [0.1, 0.15) is 37.8 Å². The van der Waals surface area contributed by atoms with Gasteiger partial charge in [-0.1, -0.05) is 29.8 Å². The molecule has 0 bridgehead atoms. The molecule has 1 aliphatic rings. The molecule has 1 aliphatic heterocycles. The summed E-state index contributed by atoms with van der Waals surface area (Å²) >= 11 is 6.39. The minimum atomic E-state index is -0.718. The van der Waals surface area contributed by atoms with Crippen molar-refractivity contribution in [1.82, 2.24) is 0 Å². The molecular weight excluding hydrogens is 354 g/mol. The lowest BCUT2D eigenvalue weighted by molar-refractivity contribution is -0.118. The number of fused-ring (bicyclic) bond motifs is 1. The van der Waals surface area contributed by atoms with Gasteiger partial charge in [0.2, 0.25) is 5.91 Å². The number of benzene rings is 2. The molecular formula is C20H20ClNO4. The van der Waals surface area contributed by atoms with Crippen LogP contribution in [0.15, 0.2) is 42.5 Å². The van der Waals surface area contributed by atoms with Gasteiger partial charge in [0, 0.05) is 10.6 Å². The van der Waals surface area contributed by atoms with Gasteiger partial charge in [0.05, 0.1) is 18.7 Å². The highest BCUT2D eigenvalue weighted by atomic mass is 35.5. The Morgan fingerprint density at radius 2 is 1.85 bits per heavy atom. The number of hydrogen-bond acceptors (Lipinski definition) is 4. The standard InChI is InChI=1S/C20H20ClNO4/c1-20(2,3)26-19(24)22-15-10-6-9-14(21)17(15)16(18(22)23)12-7-5-8-13(11-12)25-4/h5-11,16H,1-4H3. The molecule has 1 heterocycles. The van der Waals surface area contributed by atoms with Crippen molar-refractivity contribution in [2.75, 3.05) is 12.0 Å². The molecule has 136 valence electrons. The van der Waals surface area contributed by atoms with Crippen LogP contribution in [-0.2, 0) is 9.53 Å². The zero-order valence-corrected chi connectivity index (χ0v) is 15.8. The van der Waals surface area contributed by atoms with Crippen molar-refractivity contribution in [3.63, 3.8) is 0 Å². The van der Waals surface area contributed by atoms with Gasteiger partial charge in [-0.3, -0.25) is 4.79 Å². The van der Waals surface area contributed by atoms with Gasteiger partial charge in [-0.2, -0.15) is 0 Å². The van der Waals surface area contributed by atoms with E-state index >= 15 is 0 Å². The fraction of sp³-hybridized carbons (Fsp3) is 0.300. The van der Waals surface area contributed by atoms with Gasteiger partial charge < -0.3 is 9.47 Å². The second kappa shape index (κ2) is 6.65. The first-order chi connectivity index (χ1) is 12.2. The van der Waals surface area contributed by atoms with E-state index in [0.29, 0.717) is 27.6 Å². The number of anilines is 1. The zero-order valence-electron chi connectivity index (χ0n) is 15.1. The van der Waals surface area contributed by atoms with E-state index in [9.17, 15) is 9.59 Å². The van der Waals surface area contributed by atoms with Crippen LogP contribution in [0.25, 0.3) is 0 Å². The summed E-state index contributed by atoms with van der Waals surface area (Å²) in [5.41, 5.74) is 1.03. The summed E-state index contributed by atoms with van der Waals surface area (Å²) in [4.78, 5) is 26.9. The first kappa shape index (κ1) is 18.3. The minimum absolute atomic E-state index is 0.393. The highest BCUT2D eigenvalue weighted by Gasteiger charge is 2.44. The van der Waals surface area contributed by atoms with E-state index in [-0.39, 0.29) is 0 Å². The monoisotopic (exact) mass is 373 g/mol. The third-order valence-corrected chi connectivity index (χ3v) is 4.36. The van der Waals surface area contributed by atoms with Gasteiger partial charge in [-0.15, -0.1) is 0 Å². The number of halogens is 1. The smallest absolute Gasteiger partial charge is 0.421 e. The van der Waals surface area contributed by atoms with Gasteiger partial charge in [0.15, 0.2) is 0 Å². The largest absolute Gasteiger partial charge is 0.497 e. The number of methoxy groups -OCH3 is 1. The summed E-state index contributed by atoms with van der Waals surface area (Å²) in [5, 5.41) is 0.426. The second-order valence-electron chi connectivity index (χ2n) is 7.04. The third-order valence-electron chi connectivity index (χ3n) is 4.03. The highest BCUT2D eigenvalue weighted by Crippen LogP contribution is 2.45. The van der Waals surface area contributed by atoms with E-state index < -0.39 is 23.5 Å². The summed E-state index contributed by atoms with van der Waals surface area (Å²) in [5.74, 6) is -0.462. The Bertz CT molecular complexity index is 872. The van der Waals surface area contributed by atoms with Gasteiger partial charge in [0.1, 0.15) is 11.4 Å². The van der Waals surface area contributed by atoms with Gasteiger partial charge >= 0.3 is 6.09 Å². The van der Waals surface area contributed by atoms with E-state index in [1.165, 1.54) is 0 Å². The topological polar surface area (TPSA) is 55.8 Å². The summed E-state index contributed by atoms with van der Waals surface area (Å²) in [6, 6.07) is 12.3. The average Bonchev–Trinajstić information content (AvgIpc) is 2.87. The summed E-state index contributed by atoms with van der Waals surface area (Å²) in [6.07, 6.45) is -0.712. The molecule has 3 rings (SSSR count). The van der Waals surface area contributed by atoms with Crippen molar-refractivity contribution in [3.8, 4) is 5.75 Å². The molecule has 2 aromatic rings. The molecule has 5 nitrogen and oxygen atoms in total. The Hall–Kier alpha value is -2.53. The molecule has 0 spiro atoms.